The van der Waals surface area contributed by atoms with E-state index in [0.29, 0.717) is 6.10 Å². The van der Waals surface area contributed by atoms with E-state index in [1.807, 2.05) is 7.05 Å². The number of piperidine rings is 1. The Hall–Kier alpha value is -0.120. The molecule has 1 N–H and O–H groups in total. The first-order valence-electron chi connectivity index (χ1n) is 6.20. The number of rotatable bonds is 6. The molecule has 0 aliphatic carbocycles. The van der Waals surface area contributed by atoms with Gasteiger partial charge in [0, 0.05) is 19.2 Å². The van der Waals surface area contributed by atoms with Crippen LogP contribution in [0.4, 0.5) is 0 Å². The average Bonchev–Trinajstić information content (AvgIpc) is 2.21. The molecule has 0 aromatic rings. The van der Waals surface area contributed by atoms with E-state index in [2.05, 4.69) is 24.2 Å². The molecular weight excluding hydrogens is 188 g/mol. The Balaban J connectivity index is 2.08. The van der Waals surface area contributed by atoms with Crippen molar-refractivity contribution in [2.24, 2.45) is 0 Å². The number of nitrogens with zero attached hydrogens (tertiary/aromatic N) is 1. The summed E-state index contributed by atoms with van der Waals surface area (Å²) in [4.78, 5) is 2.48. The third-order valence-corrected chi connectivity index (χ3v) is 3.27. The van der Waals surface area contributed by atoms with Crippen LogP contribution in [0.25, 0.3) is 0 Å². The molecule has 2 unspecified atom stereocenters. The summed E-state index contributed by atoms with van der Waals surface area (Å²) in [7, 11) is 4.20. The van der Waals surface area contributed by atoms with Gasteiger partial charge >= 0.3 is 0 Å². The van der Waals surface area contributed by atoms with Crippen LogP contribution in [0.1, 0.15) is 32.6 Å². The van der Waals surface area contributed by atoms with E-state index in [1.165, 1.54) is 32.2 Å². The normalized spacial score (nSPS) is 25.4. The molecule has 90 valence electrons. The Morgan fingerprint density at radius 3 is 2.93 bits per heavy atom. The van der Waals surface area contributed by atoms with Gasteiger partial charge in [-0.05, 0) is 46.8 Å². The standard InChI is InChI=1S/C12H26N2O/c1-11(10-13-2)15-9-7-12-6-4-5-8-14(12)3/h11-13H,4-10H2,1-3H3. The van der Waals surface area contributed by atoms with Crippen LogP contribution < -0.4 is 5.32 Å². The van der Waals surface area contributed by atoms with Crippen LogP contribution >= 0.6 is 0 Å². The van der Waals surface area contributed by atoms with Crippen molar-refractivity contribution >= 4 is 0 Å². The lowest BCUT2D eigenvalue weighted by Gasteiger charge is -2.32. The van der Waals surface area contributed by atoms with Gasteiger partial charge < -0.3 is 15.0 Å². The fraction of sp³-hybridized carbons (Fsp3) is 1.00. The monoisotopic (exact) mass is 214 g/mol. The summed E-state index contributed by atoms with van der Waals surface area (Å²) in [5.41, 5.74) is 0. The highest BCUT2D eigenvalue weighted by Gasteiger charge is 2.18. The summed E-state index contributed by atoms with van der Waals surface area (Å²) in [6, 6.07) is 0.750. The molecule has 2 atom stereocenters. The first kappa shape index (κ1) is 12.9. The number of likely N-dealkylation sites (N-methyl/N-ethyl adjacent to an activating group) is 1. The lowest BCUT2D eigenvalue weighted by atomic mass is 10.0. The van der Waals surface area contributed by atoms with E-state index >= 15 is 0 Å². The second-order valence-electron chi connectivity index (χ2n) is 4.66. The highest BCUT2D eigenvalue weighted by atomic mass is 16.5. The maximum atomic E-state index is 5.74. The summed E-state index contributed by atoms with van der Waals surface area (Å²) in [6.07, 6.45) is 5.62. The lowest BCUT2D eigenvalue weighted by molar-refractivity contribution is 0.0453. The molecule has 1 aliphatic rings. The van der Waals surface area contributed by atoms with Gasteiger partial charge in [0.05, 0.1) is 6.10 Å². The Morgan fingerprint density at radius 1 is 1.47 bits per heavy atom. The van der Waals surface area contributed by atoms with Crippen molar-refractivity contribution in [1.82, 2.24) is 10.2 Å². The molecule has 0 saturated carbocycles. The number of hydrogen-bond donors (Lipinski definition) is 1. The zero-order valence-corrected chi connectivity index (χ0v) is 10.5. The van der Waals surface area contributed by atoms with Gasteiger partial charge in [0.1, 0.15) is 0 Å². The Kier molecular flexibility index (Phi) is 6.22. The number of nitrogens with one attached hydrogen (secondary N) is 1. The van der Waals surface area contributed by atoms with Crippen molar-refractivity contribution in [3.8, 4) is 0 Å². The zero-order valence-electron chi connectivity index (χ0n) is 10.5. The molecule has 1 rings (SSSR count). The molecule has 0 aromatic carbocycles. The topological polar surface area (TPSA) is 24.5 Å². The fourth-order valence-electron chi connectivity index (χ4n) is 2.26. The highest BCUT2D eigenvalue weighted by molar-refractivity contribution is 4.73. The minimum Gasteiger partial charge on any atom is -0.377 e. The molecule has 0 aromatic heterocycles. The molecule has 3 nitrogen and oxygen atoms in total. The maximum Gasteiger partial charge on any atom is 0.0671 e. The summed E-state index contributed by atoms with van der Waals surface area (Å²) >= 11 is 0. The van der Waals surface area contributed by atoms with Gasteiger partial charge in [-0.25, -0.2) is 0 Å². The van der Waals surface area contributed by atoms with Crippen molar-refractivity contribution < 1.29 is 4.74 Å². The average molecular weight is 214 g/mol. The Labute approximate surface area is 94.2 Å². The Morgan fingerprint density at radius 2 is 2.27 bits per heavy atom. The molecule has 1 saturated heterocycles. The van der Waals surface area contributed by atoms with Gasteiger partial charge in [-0.15, -0.1) is 0 Å². The molecule has 0 bridgehead atoms. The highest BCUT2D eigenvalue weighted by Crippen LogP contribution is 2.17. The minimum atomic E-state index is 0.337. The smallest absolute Gasteiger partial charge is 0.0671 e. The van der Waals surface area contributed by atoms with Crippen molar-refractivity contribution in [1.29, 1.82) is 0 Å². The van der Waals surface area contributed by atoms with Crippen molar-refractivity contribution in [2.45, 2.75) is 44.8 Å². The van der Waals surface area contributed by atoms with Crippen molar-refractivity contribution in [2.75, 3.05) is 33.8 Å². The number of likely N-dealkylation sites (tertiary alicyclic amines) is 1. The molecule has 1 aliphatic heterocycles. The lowest BCUT2D eigenvalue weighted by Crippen LogP contribution is -2.37. The van der Waals surface area contributed by atoms with Crippen molar-refractivity contribution in [3.63, 3.8) is 0 Å². The van der Waals surface area contributed by atoms with Gasteiger partial charge in [-0.2, -0.15) is 0 Å². The maximum absolute atomic E-state index is 5.74. The third kappa shape index (κ3) is 4.96. The first-order valence-corrected chi connectivity index (χ1v) is 6.20. The van der Waals surface area contributed by atoms with E-state index < -0.39 is 0 Å². The van der Waals surface area contributed by atoms with Gasteiger partial charge in [0.15, 0.2) is 0 Å². The predicted octanol–water partition coefficient (Wildman–Crippen LogP) is 1.49. The molecule has 1 heterocycles. The summed E-state index contributed by atoms with van der Waals surface area (Å²) in [6.45, 7) is 5.23. The number of ether oxygens (including phenoxy) is 1. The molecule has 1 fully saturated rings. The largest absolute Gasteiger partial charge is 0.377 e. The van der Waals surface area contributed by atoms with Crippen LogP contribution in [0.2, 0.25) is 0 Å². The van der Waals surface area contributed by atoms with Gasteiger partial charge in [-0.3, -0.25) is 0 Å². The van der Waals surface area contributed by atoms with E-state index in [0.717, 1.165) is 19.2 Å². The van der Waals surface area contributed by atoms with Crippen LogP contribution in [0, 0.1) is 0 Å². The van der Waals surface area contributed by atoms with E-state index in [1.54, 1.807) is 0 Å². The molecule has 0 radical (unpaired) electrons. The van der Waals surface area contributed by atoms with Gasteiger partial charge in [0.2, 0.25) is 0 Å². The minimum absolute atomic E-state index is 0.337. The van der Waals surface area contributed by atoms with E-state index in [-0.39, 0.29) is 0 Å². The Bertz CT molecular complexity index is 164. The number of hydrogen-bond acceptors (Lipinski definition) is 3. The summed E-state index contributed by atoms with van der Waals surface area (Å²) < 4.78 is 5.74. The van der Waals surface area contributed by atoms with Crippen LogP contribution in [0.5, 0.6) is 0 Å². The summed E-state index contributed by atoms with van der Waals surface area (Å²) in [5, 5.41) is 3.13. The SMILES string of the molecule is CNCC(C)OCCC1CCCCN1C. The molecule has 3 heteroatoms. The van der Waals surface area contributed by atoms with Crippen LogP contribution in [-0.4, -0.2) is 50.8 Å². The molecular formula is C12H26N2O. The summed E-state index contributed by atoms with van der Waals surface area (Å²) in [5.74, 6) is 0. The van der Waals surface area contributed by atoms with Crippen molar-refractivity contribution in [3.05, 3.63) is 0 Å². The second-order valence-corrected chi connectivity index (χ2v) is 4.66. The molecule has 15 heavy (non-hydrogen) atoms. The van der Waals surface area contributed by atoms with E-state index in [4.69, 9.17) is 4.74 Å². The third-order valence-electron chi connectivity index (χ3n) is 3.27. The molecule has 0 amide bonds. The predicted molar refractivity (Wildman–Crippen MR) is 64.2 cm³/mol. The zero-order chi connectivity index (χ0) is 11.1. The van der Waals surface area contributed by atoms with Crippen LogP contribution in [0.15, 0.2) is 0 Å². The van der Waals surface area contributed by atoms with Crippen LogP contribution in [0.3, 0.4) is 0 Å². The molecule has 0 spiro atoms. The van der Waals surface area contributed by atoms with Crippen LogP contribution in [-0.2, 0) is 4.74 Å². The first-order chi connectivity index (χ1) is 7.24. The van der Waals surface area contributed by atoms with Gasteiger partial charge in [0.25, 0.3) is 0 Å². The van der Waals surface area contributed by atoms with Gasteiger partial charge in [-0.1, -0.05) is 6.42 Å². The van der Waals surface area contributed by atoms with E-state index in [9.17, 15) is 0 Å². The quantitative estimate of drug-likeness (QED) is 0.725. The second kappa shape index (κ2) is 7.20. The fourth-order valence-corrected chi connectivity index (χ4v) is 2.26.